The van der Waals surface area contributed by atoms with E-state index in [2.05, 4.69) is 9.97 Å². The van der Waals surface area contributed by atoms with Crippen LogP contribution >= 0.6 is 11.6 Å². The largest absolute Gasteiger partial charge is 0.338 e. The number of nitrogens with one attached hydrogen (secondary N) is 1. The third-order valence-corrected chi connectivity index (χ3v) is 3.06. The Kier molecular flexibility index (Phi) is 2.56. The van der Waals surface area contributed by atoms with Crippen LogP contribution in [0.3, 0.4) is 0 Å². The highest BCUT2D eigenvalue weighted by atomic mass is 35.5. The number of fused-ring (bicyclic) bond motifs is 1. The lowest BCUT2D eigenvalue weighted by Crippen LogP contribution is -1.86. The van der Waals surface area contributed by atoms with E-state index in [0.29, 0.717) is 16.4 Å². The van der Waals surface area contributed by atoms with Gasteiger partial charge < -0.3 is 4.98 Å². The first-order valence-corrected chi connectivity index (χ1v) is 5.93. The lowest BCUT2D eigenvalue weighted by atomic mass is 10.2. The Labute approximate surface area is 108 Å². The number of aromatic amines is 1. The fraction of sp³-hybridized carbons (Fsp3) is 0.0714. The molecule has 1 heterocycles. The van der Waals surface area contributed by atoms with Crippen molar-refractivity contribution in [3.63, 3.8) is 0 Å². The zero-order chi connectivity index (χ0) is 12.7. The second-order valence-electron chi connectivity index (χ2n) is 4.23. The minimum Gasteiger partial charge on any atom is -0.338 e. The van der Waals surface area contributed by atoms with Crippen molar-refractivity contribution < 1.29 is 4.39 Å². The van der Waals surface area contributed by atoms with E-state index in [1.807, 2.05) is 25.1 Å². The average molecular weight is 261 g/mol. The van der Waals surface area contributed by atoms with Crippen LogP contribution in [0.15, 0.2) is 36.4 Å². The number of hydrogen-bond acceptors (Lipinski definition) is 1. The van der Waals surface area contributed by atoms with Gasteiger partial charge in [0.25, 0.3) is 0 Å². The molecule has 0 fully saturated rings. The fourth-order valence-corrected chi connectivity index (χ4v) is 2.10. The van der Waals surface area contributed by atoms with Crippen LogP contribution in [0.2, 0.25) is 5.02 Å². The van der Waals surface area contributed by atoms with Gasteiger partial charge in [-0.3, -0.25) is 0 Å². The highest BCUT2D eigenvalue weighted by Gasteiger charge is 2.10. The molecule has 1 aromatic heterocycles. The molecule has 90 valence electrons. The quantitative estimate of drug-likeness (QED) is 0.693. The van der Waals surface area contributed by atoms with Gasteiger partial charge in [-0.15, -0.1) is 0 Å². The number of benzene rings is 2. The highest BCUT2D eigenvalue weighted by molar-refractivity contribution is 6.30. The molecule has 3 aromatic rings. The van der Waals surface area contributed by atoms with Crippen LogP contribution in [0.4, 0.5) is 4.39 Å². The van der Waals surface area contributed by atoms with E-state index in [4.69, 9.17) is 11.6 Å². The van der Waals surface area contributed by atoms with Crippen LogP contribution in [0.25, 0.3) is 22.4 Å². The molecule has 0 aliphatic rings. The molecule has 1 N–H and O–H groups in total. The van der Waals surface area contributed by atoms with Crippen LogP contribution < -0.4 is 0 Å². The van der Waals surface area contributed by atoms with Gasteiger partial charge in [-0.05, 0) is 42.8 Å². The molecule has 2 nitrogen and oxygen atoms in total. The number of H-pyrrole nitrogens is 1. The molecule has 0 atom stereocenters. The molecule has 18 heavy (non-hydrogen) atoms. The van der Waals surface area contributed by atoms with Crippen molar-refractivity contribution in [2.45, 2.75) is 6.92 Å². The van der Waals surface area contributed by atoms with Crippen molar-refractivity contribution in [1.82, 2.24) is 9.97 Å². The normalized spacial score (nSPS) is 11.1. The van der Waals surface area contributed by atoms with Crippen LogP contribution in [0.5, 0.6) is 0 Å². The molecular weight excluding hydrogens is 251 g/mol. The van der Waals surface area contributed by atoms with Gasteiger partial charge in [-0.25, -0.2) is 9.37 Å². The molecule has 0 radical (unpaired) electrons. The molecule has 0 spiro atoms. The van der Waals surface area contributed by atoms with E-state index in [-0.39, 0.29) is 5.82 Å². The summed E-state index contributed by atoms with van der Waals surface area (Å²) in [6.07, 6.45) is 0. The number of aromatic nitrogens is 2. The van der Waals surface area contributed by atoms with Crippen molar-refractivity contribution in [3.8, 4) is 11.4 Å². The van der Waals surface area contributed by atoms with Crippen molar-refractivity contribution in [1.29, 1.82) is 0 Å². The first kappa shape index (κ1) is 11.2. The van der Waals surface area contributed by atoms with E-state index in [1.54, 1.807) is 6.07 Å². The molecule has 0 saturated heterocycles. The number of imidazole rings is 1. The maximum atomic E-state index is 13.7. The zero-order valence-electron chi connectivity index (χ0n) is 9.67. The summed E-state index contributed by atoms with van der Waals surface area (Å²) in [5.41, 5.74) is 3.22. The number of nitrogens with zero attached hydrogens (tertiary/aromatic N) is 1. The van der Waals surface area contributed by atoms with Gasteiger partial charge >= 0.3 is 0 Å². The Morgan fingerprint density at radius 1 is 1.17 bits per heavy atom. The van der Waals surface area contributed by atoms with Gasteiger partial charge in [-0.1, -0.05) is 17.7 Å². The highest BCUT2D eigenvalue weighted by Crippen LogP contribution is 2.26. The van der Waals surface area contributed by atoms with Crippen LogP contribution in [-0.4, -0.2) is 9.97 Å². The van der Waals surface area contributed by atoms with E-state index in [0.717, 1.165) is 16.6 Å². The minimum absolute atomic E-state index is 0.338. The van der Waals surface area contributed by atoms with Gasteiger partial charge in [0.05, 0.1) is 16.6 Å². The Hall–Kier alpha value is -1.87. The summed E-state index contributed by atoms with van der Waals surface area (Å²) >= 11 is 5.88. The summed E-state index contributed by atoms with van der Waals surface area (Å²) in [6.45, 7) is 2.00. The van der Waals surface area contributed by atoms with Gasteiger partial charge in [0.1, 0.15) is 11.6 Å². The minimum atomic E-state index is -0.338. The summed E-state index contributed by atoms with van der Waals surface area (Å²) in [5, 5.41) is 0.489. The topological polar surface area (TPSA) is 28.7 Å². The average Bonchev–Trinajstić information content (AvgIpc) is 2.74. The summed E-state index contributed by atoms with van der Waals surface area (Å²) < 4.78 is 13.7. The Morgan fingerprint density at radius 3 is 2.83 bits per heavy atom. The summed E-state index contributed by atoms with van der Waals surface area (Å²) in [5.74, 6) is 0.158. The third kappa shape index (κ3) is 1.87. The number of hydrogen-bond donors (Lipinski definition) is 1. The molecular formula is C14H10ClFN2. The molecule has 2 aromatic carbocycles. The zero-order valence-corrected chi connectivity index (χ0v) is 10.4. The van der Waals surface area contributed by atoms with Crippen molar-refractivity contribution in [2.75, 3.05) is 0 Å². The summed E-state index contributed by atoms with van der Waals surface area (Å²) in [7, 11) is 0. The third-order valence-electron chi connectivity index (χ3n) is 2.82. The van der Waals surface area contributed by atoms with Gasteiger partial charge in [0, 0.05) is 5.02 Å². The predicted molar refractivity (Wildman–Crippen MR) is 71.2 cm³/mol. The predicted octanol–water partition coefficient (Wildman–Crippen LogP) is 4.33. The Morgan fingerprint density at radius 2 is 2.00 bits per heavy atom. The molecule has 0 saturated carbocycles. The smallest absolute Gasteiger partial charge is 0.141 e. The molecule has 0 amide bonds. The second kappa shape index (κ2) is 4.10. The molecule has 0 unspecified atom stereocenters. The Balaban J connectivity index is 2.22. The van der Waals surface area contributed by atoms with E-state index < -0.39 is 0 Å². The summed E-state index contributed by atoms with van der Waals surface area (Å²) in [6, 6.07) is 10.3. The Bertz CT molecular complexity index is 734. The molecule has 4 heteroatoms. The summed E-state index contributed by atoms with van der Waals surface area (Å²) in [4.78, 5) is 7.48. The number of aryl methyl sites for hydroxylation is 1. The van der Waals surface area contributed by atoms with E-state index in [9.17, 15) is 4.39 Å². The van der Waals surface area contributed by atoms with Crippen LogP contribution in [0.1, 0.15) is 5.56 Å². The lowest BCUT2D eigenvalue weighted by molar-refractivity contribution is 0.630. The molecule has 0 aliphatic carbocycles. The van der Waals surface area contributed by atoms with Crippen molar-refractivity contribution in [2.24, 2.45) is 0 Å². The van der Waals surface area contributed by atoms with Gasteiger partial charge in [0.2, 0.25) is 0 Å². The SMILES string of the molecule is Cc1ccc2nc(-c3cc(Cl)ccc3F)[nH]c2c1. The van der Waals surface area contributed by atoms with Gasteiger partial charge in [-0.2, -0.15) is 0 Å². The number of rotatable bonds is 1. The van der Waals surface area contributed by atoms with Crippen molar-refractivity contribution >= 4 is 22.6 Å². The monoisotopic (exact) mass is 260 g/mol. The van der Waals surface area contributed by atoms with Gasteiger partial charge in [0.15, 0.2) is 0 Å². The van der Waals surface area contributed by atoms with Crippen molar-refractivity contribution in [3.05, 3.63) is 52.8 Å². The van der Waals surface area contributed by atoms with Crippen LogP contribution in [-0.2, 0) is 0 Å². The molecule has 0 aliphatic heterocycles. The van der Waals surface area contributed by atoms with E-state index in [1.165, 1.54) is 12.1 Å². The lowest BCUT2D eigenvalue weighted by Gasteiger charge is -1.99. The first-order valence-electron chi connectivity index (χ1n) is 5.55. The van der Waals surface area contributed by atoms with Crippen LogP contribution in [0, 0.1) is 12.7 Å². The second-order valence-corrected chi connectivity index (χ2v) is 4.67. The first-order chi connectivity index (χ1) is 8.63. The maximum absolute atomic E-state index is 13.7. The molecule has 3 rings (SSSR count). The fourth-order valence-electron chi connectivity index (χ4n) is 1.93. The maximum Gasteiger partial charge on any atom is 0.141 e. The standard InChI is InChI=1S/C14H10ClFN2/c1-8-2-5-12-13(6-8)18-14(17-12)10-7-9(15)3-4-11(10)16/h2-7H,1H3,(H,17,18). The number of halogens is 2. The van der Waals surface area contributed by atoms with E-state index >= 15 is 0 Å². The molecule has 0 bridgehead atoms.